The van der Waals surface area contributed by atoms with Crippen LogP contribution in [0.25, 0.3) is 6.08 Å². The van der Waals surface area contributed by atoms with Gasteiger partial charge in [-0.3, -0.25) is 9.59 Å². The maximum Gasteiger partial charge on any atom is 0.272 e. The van der Waals surface area contributed by atoms with Crippen LogP contribution >= 0.6 is 0 Å². The molecule has 0 spiro atoms. The summed E-state index contributed by atoms with van der Waals surface area (Å²) in [4.78, 5) is 26.0. The van der Waals surface area contributed by atoms with Crippen molar-refractivity contribution in [2.75, 3.05) is 18.7 Å². The Morgan fingerprint density at radius 3 is 2.50 bits per heavy atom. The summed E-state index contributed by atoms with van der Waals surface area (Å²) in [6, 6.07) is 21.2. The zero-order valence-corrected chi connectivity index (χ0v) is 18.9. The maximum atomic E-state index is 13.0. The van der Waals surface area contributed by atoms with Gasteiger partial charge in [0, 0.05) is 11.3 Å². The predicted molar refractivity (Wildman–Crippen MR) is 130 cm³/mol. The van der Waals surface area contributed by atoms with Crippen LogP contribution in [0.15, 0.2) is 78.5 Å². The summed E-state index contributed by atoms with van der Waals surface area (Å²) in [6.07, 6.45) is 3.61. The molecule has 0 bridgehead atoms. The van der Waals surface area contributed by atoms with Crippen molar-refractivity contribution in [3.05, 3.63) is 89.6 Å². The molecule has 0 radical (unpaired) electrons. The number of hydrogen-bond donors (Lipinski definition) is 2. The van der Waals surface area contributed by atoms with E-state index < -0.39 is 11.8 Å². The molecular weight excluding hydrogens is 432 g/mol. The molecule has 34 heavy (non-hydrogen) atoms. The van der Waals surface area contributed by atoms with Crippen LogP contribution in [-0.2, 0) is 4.79 Å². The first-order valence-electron chi connectivity index (χ1n) is 11.1. The standard InChI is InChI=1S/C27H26N2O5/c1-2-3-15-32-22-12-10-20(11-13-22)26(30)29-23(27(31)28-21-7-5-4-6-8-21)16-19-9-14-24-25(17-19)34-18-33-24/h4-14,16-17H,2-3,15,18H2,1H3,(H,28,31)(H,29,30). The van der Waals surface area contributed by atoms with Gasteiger partial charge in [-0.15, -0.1) is 0 Å². The number of amides is 2. The molecule has 0 unspecified atom stereocenters. The lowest BCUT2D eigenvalue weighted by atomic mass is 10.1. The third kappa shape index (κ3) is 5.95. The summed E-state index contributed by atoms with van der Waals surface area (Å²) in [7, 11) is 0. The minimum atomic E-state index is -0.447. The molecule has 7 heteroatoms. The van der Waals surface area contributed by atoms with Crippen LogP contribution in [0.2, 0.25) is 0 Å². The summed E-state index contributed by atoms with van der Waals surface area (Å²) in [5.41, 5.74) is 1.80. The van der Waals surface area contributed by atoms with Crippen LogP contribution in [0.5, 0.6) is 17.2 Å². The molecule has 0 saturated carbocycles. The van der Waals surface area contributed by atoms with Gasteiger partial charge in [0.2, 0.25) is 6.79 Å². The maximum absolute atomic E-state index is 13.0. The molecule has 0 aromatic heterocycles. The lowest BCUT2D eigenvalue weighted by Crippen LogP contribution is -2.30. The SMILES string of the molecule is CCCCOc1ccc(C(=O)NC(=Cc2ccc3c(c2)OCO3)C(=O)Nc2ccccc2)cc1. The molecule has 174 valence electrons. The summed E-state index contributed by atoms with van der Waals surface area (Å²) >= 11 is 0. The number of ether oxygens (including phenoxy) is 3. The number of rotatable bonds is 9. The molecule has 0 atom stereocenters. The van der Waals surface area contributed by atoms with Crippen molar-refractivity contribution in [3.63, 3.8) is 0 Å². The van der Waals surface area contributed by atoms with Gasteiger partial charge in [-0.25, -0.2) is 0 Å². The van der Waals surface area contributed by atoms with E-state index in [4.69, 9.17) is 14.2 Å². The number of carbonyl (C=O) groups excluding carboxylic acids is 2. The highest BCUT2D eigenvalue weighted by molar-refractivity contribution is 6.10. The third-order valence-electron chi connectivity index (χ3n) is 5.12. The first kappa shape index (κ1) is 22.9. The molecule has 1 heterocycles. The highest BCUT2D eigenvalue weighted by Crippen LogP contribution is 2.33. The molecule has 7 nitrogen and oxygen atoms in total. The van der Waals surface area contributed by atoms with E-state index in [9.17, 15) is 9.59 Å². The molecule has 1 aliphatic rings. The van der Waals surface area contributed by atoms with E-state index in [0.717, 1.165) is 12.8 Å². The van der Waals surface area contributed by atoms with E-state index in [1.165, 1.54) is 0 Å². The highest BCUT2D eigenvalue weighted by atomic mass is 16.7. The van der Waals surface area contributed by atoms with Crippen molar-refractivity contribution in [2.24, 2.45) is 0 Å². The van der Waals surface area contributed by atoms with Crippen LogP contribution in [-0.4, -0.2) is 25.2 Å². The quantitative estimate of drug-likeness (QED) is 0.348. The van der Waals surface area contributed by atoms with Gasteiger partial charge in [-0.1, -0.05) is 37.6 Å². The minimum absolute atomic E-state index is 0.0935. The van der Waals surface area contributed by atoms with E-state index >= 15 is 0 Å². The van der Waals surface area contributed by atoms with Gasteiger partial charge in [-0.2, -0.15) is 0 Å². The molecule has 0 aliphatic carbocycles. The molecular formula is C27H26N2O5. The Kier molecular flexibility index (Phi) is 7.45. The molecule has 3 aromatic rings. The van der Waals surface area contributed by atoms with Crippen LogP contribution in [0.1, 0.15) is 35.7 Å². The van der Waals surface area contributed by atoms with Crippen molar-refractivity contribution < 1.29 is 23.8 Å². The average molecular weight is 459 g/mol. The van der Waals surface area contributed by atoms with E-state index in [2.05, 4.69) is 17.6 Å². The molecule has 1 aliphatic heterocycles. The Bertz CT molecular complexity index is 1170. The molecule has 4 rings (SSSR count). The van der Waals surface area contributed by atoms with Gasteiger partial charge >= 0.3 is 0 Å². The summed E-state index contributed by atoms with van der Waals surface area (Å²) in [6.45, 7) is 2.88. The van der Waals surface area contributed by atoms with E-state index in [-0.39, 0.29) is 12.5 Å². The molecule has 2 amide bonds. The minimum Gasteiger partial charge on any atom is -0.494 e. The van der Waals surface area contributed by atoms with E-state index in [0.29, 0.717) is 40.7 Å². The molecule has 3 aromatic carbocycles. The van der Waals surface area contributed by atoms with Gasteiger partial charge in [-0.05, 0) is 66.6 Å². The second kappa shape index (κ2) is 11.0. The van der Waals surface area contributed by atoms with Gasteiger partial charge < -0.3 is 24.8 Å². The van der Waals surface area contributed by atoms with E-state index in [1.807, 2.05) is 18.2 Å². The van der Waals surface area contributed by atoms with Crippen molar-refractivity contribution in [1.29, 1.82) is 0 Å². The number of carbonyl (C=O) groups is 2. The number of nitrogens with one attached hydrogen (secondary N) is 2. The Morgan fingerprint density at radius 2 is 1.74 bits per heavy atom. The van der Waals surface area contributed by atoms with Crippen molar-refractivity contribution in [3.8, 4) is 17.2 Å². The number of fused-ring (bicyclic) bond motifs is 1. The van der Waals surface area contributed by atoms with Gasteiger partial charge in [0.25, 0.3) is 11.8 Å². The Morgan fingerprint density at radius 1 is 0.971 bits per heavy atom. The zero-order valence-electron chi connectivity index (χ0n) is 18.9. The monoisotopic (exact) mass is 458 g/mol. The van der Waals surface area contributed by atoms with E-state index in [1.54, 1.807) is 60.7 Å². The largest absolute Gasteiger partial charge is 0.494 e. The first-order chi connectivity index (χ1) is 16.6. The molecule has 0 saturated heterocycles. The Labute approximate surface area is 198 Å². The summed E-state index contributed by atoms with van der Waals surface area (Å²) in [5, 5.41) is 5.55. The number of anilines is 1. The van der Waals surface area contributed by atoms with Gasteiger partial charge in [0.1, 0.15) is 11.4 Å². The van der Waals surface area contributed by atoms with Crippen molar-refractivity contribution >= 4 is 23.6 Å². The summed E-state index contributed by atoms with van der Waals surface area (Å²) < 4.78 is 16.4. The van der Waals surface area contributed by atoms with Gasteiger partial charge in [0.05, 0.1) is 6.61 Å². The third-order valence-corrected chi connectivity index (χ3v) is 5.12. The first-order valence-corrected chi connectivity index (χ1v) is 11.1. The van der Waals surface area contributed by atoms with Crippen LogP contribution in [0.4, 0.5) is 5.69 Å². The fourth-order valence-corrected chi connectivity index (χ4v) is 3.28. The van der Waals surface area contributed by atoms with Crippen LogP contribution < -0.4 is 24.8 Å². The normalized spacial score (nSPS) is 12.2. The lowest BCUT2D eigenvalue weighted by Gasteiger charge is -2.12. The predicted octanol–water partition coefficient (Wildman–Crippen LogP) is 5.00. The van der Waals surface area contributed by atoms with Crippen LogP contribution in [0, 0.1) is 0 Å². The zero-order chi connectivity index (χ0) is 23.8. The lowest BCUT2D eigenvalue weighted by molar-refractivity contribution is -0.113. The molecule has 2 N–H and O–H groups in total. The Balaban J connectivity index is 1.53. The second-order valence-electron chi connectivity index (χ2n) is 7.67. The number of unbranched alkanes of at least 4 members (excludes halogenated alkanes) is 1. The average Bonchev–Trinajstić information content (AvgIpc) is 3.33. The van der Waals surface area contributed by atoms with Crippen LogP contribution in [0.3, 0.4) is 0 Å². The Hall–Kier alpha value is -4.26. The highest BCUT2D eigenvalue weighted by Gasteiger charge is 2.17. The fourth-order valence-electron chi connectivity index (χ4n) is 3.28. The van der Waals surface area contributed by atoms with Crippen molar-refractivity contribution in [1.82, 2.24) is 5.32 Å². The second-order valence-corrected chi connectivity index (χ2v) is 7.67. The number of para-hydroxylation sites is 1. The fraction of sp³-hybridized carbons (Fsp3) is 0.185. The molecule has 0 fully saturated rings. The number of benzene rings is 3. The topological polar surface area (TPSA) is 85.9 Å². The number of hydrogen-bond acceptors (Lipinski definition) is 5. The van der Waals surface area contributed by atoms with Gasteiger partial charge in [0.15, 0.2) is 11.5 Å². The summed E-state index contributed by atoms with van der Waals surface area (Å²) in [5.74, 6) is 1.06. The smallest absolute Gasteiger partial charge is 0.272 e. The van der Waals surface area contributed by atoms with Crippen molar-refractivity contribution in [2.45, 2.75) is 19.8 Å².